The Morgan fingerprint density at radius 3 is 2.00 bits per heavy atom. The summed E-state index contributed by atoms with van der Waals surface area (Å²) in [5.41, 5.74) is 8.67. The molecule has 0 N–H and O–H groups in total. The third-order valence-corrected chi connectivity index (χ3v) is 3.17. The predicted octanol–water partition coefficient (Wildman–Crippen LogP) is 1.68. The van der Waals surface area contributed by atoms with Gasteiger partial charge in [0, 0.05) is 19.8 Å². The van der Waals surface area contributed by atoms with Crippen LogP contribution in [0.15, 0.2) is 12.2 Å². The van der Waals surface area contributed by atoms with Crippen LogP contribution in [0.3, 0.4) is 0 Å². The monoisotopic (exact) mass is 190 g/mol. The summed E-state index contributed by atoms with van der Waals surface area (Å²) < 4.78 is 20.7. The van der Waals surface area contributed by atoms with Crippen molar-refractivity contribution < 1.29 is 18.4 Å². The summed E-state index contributed by atoms with van der Waals surface area (Å²) in [6.07, 6.45) is 0. The number of rotatable bonds is 4. The SMILES string of the molecule is C=C(C)C(=[N+]=[N-])P(=O)(OC)OC. The summed E-state index contributed by atoms with van der Waals surface area (Å²) >= 11 is 0. The molecule has 0 rings (SSSR count). The van der Waals surface area contributed by atoms with Crippen LogP contribution < -0.4 is 0 Å². The molecule has 0 aliphatic carbocycles. The predicted molar refractivity (Wildman–Crippen MR) is 45.1 cm³/mol. The van der Waals surface area contributed by atoms with Gasteiger partial charge in [-0.1, -0.05) is 6.58 Å². The Hall–Kier alpha value is -0.730. The van der Waals surface area contributed by atoms with Gasteiger partial charge in [0.15, 0.2) is 0 Å². The first kappa shape index (κ1) is 11.3. The molecule has 0 radical (unpaired) electrons. The van der Waals surface area contributed by atoms with E-state index in [1.807, 2.05) is 0 Å². The quantitative estimate of drug-likeness (QED) is 0.293. The zero-order chi connectivity index (χ0) is 9.78. The molecule has 0 atom stereocenters. The smallest absolute Gasteiger partial charge is 0.360 e. The van der Waals surface area contributed by atoms with Gasteiger partial charge in [0.1, 0.15) is 0 Å². The molecule has 0 saturated carbocycles. The zero-order valence-electron chi connectivity index (χ0n) is 7.27. The van der Waals surface area contributed by atoms with E-state index in [0.29, 0.717) is 5.57 Å². The van der Waals surface area contributed by atoms with E-state index in [-0.39, 0.29) is 5.45 Å². The lowest BCUT2D eigenvalue weighted by Gasteiger charge is -2.07. The molecule has 0 aromatic rings. The summed E-state index contributed by atoms with van der Waals surface area (Å²) in [5, 5.41) is 0. The Labute approximate surface area is 71.1 Å². The van der Waals surface area contributed by atoms with Crippen LogP contribution in [-0.2, 0) is 13.6 Å². The van der Waals surface area contributed by atoms with Crippen LogP contribution in [-0.4, -0.2) is 24.5 Å². The van der Waals surface area contributed by atoms with Gasteiger partial charge in [-0.2, -0.15) is 4.79 Å². The van der Waals surface area contributed by atoms with Gasteiger partial charge in [-0.15, -0.1) is 0 Å². The average molecular weight is 190 g/mol. The second-order valence-electron chi connectivity index (χ2n) is 2.07. The molecule has 12 heavy (non-hydrogen) atoms. The van der Waals surface area contributed by atoms with Crippen molar-refractivity contribution in [1.82, 2.24) is 0 Å². The molecule has 0 spiro atoms. The first-order valence-corrected chi connectivity index (χ1v) is 4.66. The lowest BCUT2D eigenvalue weighted by Crippen LogP contribution is -2.05. The Balaban J connectivity index is 5.11. The molecule has 0 aromatic carbocycles. The molecule has 0 aromatic heterocycles. The maximum Gasteiger partial charge on any atom is 0.442 e. The largest absolute Gasteiger partial charge is 0.442 e. The molecule has 6 heteroatoms. The van der Waals surface area contributed by atoms with E-state index in [0.717, 1.165) is 0 Å². The highest BCUT2D eigenvalue weighted by molar-refractivity contribution is 7.72. The lowest BCUT2D eigenvalue weighted by atomic mass is 10.4. The second-order valence-corrected chi connectivity index (χ2v) is 4.22. The molecule has 0 unspecified atom stereocenters. The molecule has 0 amide bonds. The topological polar surface area (TPSA) is 71.9 Å². The minimum atomic E-state index is -3.45. The Morgan fingerprint density at radius 2 is 1.92 bits per heavy atom. The first-order chi connectivity index (χ1) is 5.51. The molecular weight excluding hydrogens is 179 g/mol. The Bertz CT molecular complexity index is 273. The van der Waals surface area contributed by atoms with Crippen molar-refractivity contribution in [2.24, 2.45) is 0 Å². The van der Waals surface area contributed by atoms with E-state index < -0.39 is 7.60 Å². The van der Waals surface area contributed by atoms with Gasteiger partial charge in [-0.25, -0.2) is 4.57 Å². The Morgan fingerprint density at radius 1 is 1.50 bits per heavy atom. The number of hydrogen-bond donors (Lipinski definition) is 0. The van der Waals surface area contributed by atoms with Crippen LogP contribution in [0.4, 0.5) is 0 Å². The van der Waals surface area contributed by atoms with Crippen LogP contribution in [0.25, 0.3) is 5.53 Å². The summed E-state index contributed by atoms with van der Waals surface area (Å²) in [6, 6.07) is 0. The van der Waals surface area contributed by atoms with Crippen LogP contribution >= 0.6 is 7.60 Å². The van der Waals surface area contributed by atoms with Gasteiger partial charge < -0.3 is 14.6 Å². The van der Waals surface area contributed by atoms with E-state index in [4.69, 9.17) is 5.53 Å². The van der Waals surface area contributed by atoms with Gasteiger partial charge >= 0.3 is 13.0 Å². The fourth-order valence-corrected chi connectivity index (χ4v) is 1.69. The molecule has 0 saturated heterocycles. The van der Waals surface area contributed by atoms with E-state index in [2.05, 4.69) is 20.4 Å². The van der Waals surface area contributed by atoms with Crippen LogP contribution in [0.2, 0.25) is 0 Å². The summed E-state index contributed by atoms with van der Waals surface area (Å²) in [7, 11) is -1.03. The fraction of sp³-hybridized carbons (Fsp3) is 0.500. The van der Waals surface area contributed by atoms with Crippen LogP contribution in [0.5, 0.6) is 0 Å². The van der Waals surface area contributed by atoms with Gasteiger partial charge in [0.2, 0.25) is 0 Å². The highest BCUT2D eigenvalue weighted by atomic mass is 31.2. The number of hydrogen-bond acceptors (Lipinski definition) is 3. The molecular formula is C6H11N2O3P. The van der Waals surface area contributed by atoms with Crippen molar-refractivity contribution in [3.63, 3.8) is 0 Å². The van der Waals surface area contributed by atoms with Crippen molar-refractivity contribution in [2.75, 3.05) is 14.2 Å². The molecule has 68 valence electrons. The molecule has 0 heterocycles. The summed E-state index contributed by atoms with van der Waals surface area (Å²) in [4.78, 5) is 2.81. The molecule has 0 aliphatic heterocycles. The minimum absolute atomic E-state index is 0.160. The molecule has 0 aliphatic rings. The maximum atomic E-state index is 11.5. The molecule has 5 nitrogen and oxygen atoms in total. The minimum Gasteiger partial charge on any atom is -0.360 e. The Kier molecular flexibility index (Phi) is 4.07. The van der Waals surface area contributed by atoms with Crippen molar-refractivity contribution in [2.45, 2.75) is 6.92 Å². The van der Waals surface area contributed by atoms with Gasteiger partial charge in [-0.3, -0.25) is 0 Å². The normalized spacial score (nSPS) is 10.6. The fourth-order valence-electron chi connectivity index (χ4n) is 0.621. The first-order valence-electron chi connectivity index (χ1n) is 3.11. The standard InChI is InChI=1S/C6H11N2O3P/c1-5(2)6(8-7)12(9,10-3)11-4/h1H2,2-4H3. The zero-order valence-corrected chi connectivity index (χ0v) is 8.17. The second kappa shape index (κ2) is 4.33. The van der Waals surface area contributed by atoms with Gasteiger partial charge in [-0.05, 0) is 6.92 Å². The van der Waals surface area contributed by atoms with Crippen molar-refractivity contribution >= 4 is 13.0 Å². The van der Waals surface area contributed by atoms with Gasteiger partial charge in [0.05, 0.1) is 0 Å². The number of nitrogens with zero attached hydrogens (tertiary/aromatic N) is 2. The summed E-state index contributed by atoms with van der Waals surface area (Å²) in [6.45, 7) is 5.01. The average Bonchev–Trinajstić information content (AvgIpc) is 2.04. The molecule has 0 fully saturated rings. The number of allylic oxidation sites excluding steroid dienone is 1. The van der Waals surface area contributed by atoms with E-state index in [1.54, 1.807) is 6.92 Å². The van der Waals surface area contributed by atoms with E-state index in [1.165, 1.54) is 14.2 Å². The van der Waals surface area contributed by atoms with Crippen LogP contribution in [0, 0.1) is 0 Å². The van der Waals surface area contributed by atoms with E-state index in [9.17, 15) is 4.57 Å². The van der Waals surface area contributed by atoms with Crippen molar-refractivity contribution in [3.05, 3.63) is 17.7 Å². The molecule has 0 bridgehead atoms. The highest BCUT2D eigenvalue weighted by Crippen LogP contribution is 2.48. The highest BCUT2D eigenvalue weighted by Gasteiger charge is 2.38. The van der Waals surface area contributed by atoms with Crippen LogP contribution in [0.1, 0.15) is 6.92 Å². The third-order valence-electron chi connectivity index (χ3n) is 1.22. The van der Waals surface area contributed by atoms with E-state index >= 15 is 0 Å². The third kappa shape index (κ3) is 2.13. The van der Waals surface area contributed by atoms with Crippen molar-refractivity contribution in [1.29, 1.82) is 0 Å². The summed E-state index contributed by atoms with van der Waals surface area (Å²) in [5.74, 6) is 0. The van der Waals surface area contributed by atoms with Gasteiger partial charge in [0.25, 0.3) is 0 Å². The van der Waals surface area contributed by atoms with Crippen molar-refractivity contribution in [3.8, 4) is 0 Å². The maximum absolute atomic E-state index is 11.5. The lowest BCUT2D eigenvalue weighted by molar-refractivity contribution is -0.00241.